The summed E-state index contributed by atoms with van der Waals surface area (Å²) in [5.74, 6) is -0.652. The molecular weight excluding hydrogens is 224 g/mol. The third-order valence-electron chi connectivity index (χ3n) is 3.40. The molecule has 18 heavy (non-hydrogen) atoms. The summed E-state index contributed by atoms with van der Waals surface area (Å²) in [5, 5.41) is 0. The van der Waals surface area contributed by atoms with Crippen molar-refractivity contribution in [3.05, 3.63) is 71.3 Å². The third kappa shape index (κ3) is 1.66. The summed E-state index contributed by atoms with van der Waals surface area (Å²) in [5.41, 5.74) is 2.30. The fraction of sp³-hybridized carbons (Fsp3) is 0.125. The van der Waals surface area contributed by atoms with Crippen LogP contribution in [0.15, 0.2) is 54.6 Å². The topological polar surface area (TPSA) is 34.1 Å². The van der Waals surface area contributed by atoms with Gasteiger partial charge in [-0.05, 0) is 12.0 Å². The van der Waals surface area contributed by atoms with Gasteiger partial charge < -0.3 is 0 Å². The first-order valence-electron chi connectivity index (χ1n) is 5.99. The van der Waals surface area contributed by atoms with Gasteiger partial charge in [-0.2, -0.15) is 0 Å². The predicted molar refractivity (Wildman–Crippen MR) is 68.7 cm³/mol. The Balaban J connectivity index is 1.94. The Labute approximate surface area is 105 Å². The zero-order chi connectivity index (χ0) is 12.5. The summed E-state index contributed by atoms with van der Waals surface area (Å²) in [6, 6.07) is 16.5. The van der Waals surface area contributed by atoms with Crippen molar-refractivity contribution in [1.29, 1.82) is 0 Å². The molecule has 2 aromatic carbocycles. The third-order valence-corrected chi connectivity index (χ3v) is 3.40. The maximum absolute atomic E-state index is 12.3. The fourth-order valence-electron chi connectivity index (χ4n) is 2.45. The lowest BCUT2D eigenvalue weighted by molar-refractivity contribution is 0.0822. The molecule has 0 unspecified atom stereocenters. The number of carbonyl (C=O) groups is 2. The monoisotopic (exact) mass is 236 g/mol. The van der Waals surface area contributed by atoms with E-state index in [1.54, 1.807) is 18.2 Å². The van der Waals surface area contributed by atoms with E-state index < -0.39 is 5.92 Å². The van der Waals surface area contributed by atoms with Crippen molar-refractivity contribution in [3.8, 4) is 0 Å². The number of hydrogen-bond donors (Lipinski definition) is 0. The van der Waals surface area contributed by atoms with E-state index in [-0.39, 0.29) is 11.6 Å². The van der Waals surface area contributed by atoms with Crippen LogP contribution in [0.3, 0.4) is 0 Å². The highest BCUT2D eigenvalue weighted by atomic mass is 16.2. The molecule has 0 N–H and O–H groups in total. The van der Waals surface area contributed by atoms with Crippen LogP contribution in [-0.2, 0) is 6.42 Å². The maximum Gasteiger partial charge on any atom is 0.174 e. The van der Waals surface area contributed by atoms with E-state index in [1.807, 2.05) is 36.4 Å². The molecular formula is C16H12O2. The molecule has 88 valence electrons. The first-order chi connectivity index (χ1) is 8.77. The first-order valence-corrected chi connectivity index (χ1v) is 5.99. The van der Waals surface area contributed by atoms with Crippen LogP contribution in [0.1, 0.15) is 26.3 Å². The second-order valence-electron chi connectivity index (χ2n) is 4.51. The molecule has 1 aliphatic carbocycles. The van der Waals surface area contributed by atoms with Crippen molar-refractivity contribution in [2.75, 3.05) is 0 Å². The molecule has 1 atom stereocenters. The largest absolute Gasteiger partial charge is 0.293 e. The molecule has 0 radical (unpaired) electrons. The molecule has 2 aromatic rings. The minimum Gasteiger partial charge on any atom is -0.293 e. The number of benzene rings is 2. The van der Waals surface area contributed by atoms with Gasteiger partial charge in [0, 0.05) is 11.1 Å². The van der Waals surface area contributed by atoms with Gasteiger partial charge in [-0.25, -0.2) is 0 Å². The quantitative estimate of drug-likeness (QED) is 0.593. The first kappa shape index (κ1) is 10.9. The van der Waals surface area contributed by atoms with E-state index in [0.29, 0.717) is 17.5 Å². The van der Waals surface area contributed by atoms with Gasteiger partial charge in [0.05, 0.1) is 5.92 Å². The van der Waals surface area contributed by atoms with Gasteiger partial charge in [0.2, 0.25) is 0 Å². The van der Waals surface area contributed by atoms with E-state index in [9.17, 15) is 9.59 Å². The minimum atomic E-state index is -0.537. The van der Waals surface area contributed by atoms with Crippen molar-refractivity contribution < 1.29 is 9.59 Å². The number of Topliss-reactive ketones (excluding diaryl/α,β-unsaturated/α-hetero) is 2. The summed E-state index contributed by atoms with van der Waals surface area (Å²) >= 11 is 0. The van der Waals surface area contributed by atoms with Crippen molar-refractivity contribution >= 4 is 11.6 Å². The van der Waals surface area contributed by atoms with E-state index in [0.717, 1.165) is 5.56 Å². The van der Waals surface area contributed by atoms with Gasteiger partial charge in [0.1, 0.15) is 0 Å². The summed E-state index contributed by atoms with van der Waals surface area (Å²) in [4.78, 5) is 24.5. The van der Waals surface area contributed by atoms with Crippen LogP contribution >= 0.6 is 0 Å². The smallest absolute Gasteiger partial charge is 0.174 e. The maximum atomic E-state index is 12.3. The van der Waals surface area contributed by atoms with Gasteiger partial charge in [0.15, 0.2) is 11.6 Å². The molecule has 0 fully saturated rings. The summed E-state index contributed by atoms with van der Waals surface area (Å²) in [6.45, 7) is 0. The minimum absolute atomic E-state index is 0.0422. The summed E-state index contributed by atoms with van der Waals surface area (Å²) in [7, 11) is 0. The second-order valence-corrected chi connectivity index (χ2v) is 4.51. The number of fused-ring (bicyclic) bond motifs is 1. The Morgan fingerprint density at radius 2 is 1.61 bits per heavy atom. The SMILES string of the molecule is O=C(c1ccccc1)[C@@H]1Cc2ccccc2C1=O. The molecule has 0 saturated carbocycles. The molecule has 2 nitrogen and oxygen atoms in total. The van der Waals surface area contributed by atoms with E-state index >= 15 is 0 Å². The lowest BCUT2D eigenvalue weighted by atomic mass is 9.94. The number of hydrogen-bond acceptors (Lipinski definition) is 2. The summed E-state index contributed by atoms with van der Waals surface area (Å²) in [6.07, 6.45) is 0.530. The van der Waals surface area contributed by atoms with Gasteiger partial charge >= 0.3 is 0 Å². The van der Waals surface area contributed by atoms with Crippen molar-refractivity contribution in [2.45, 2.75) is 6.42 Å². The molecule has 0 bridgehead atoms. The summed E-state index contributed by atoms with van der Waals surface area (Å²) < 4.78 is 0. The van der Waals surface area contributed by atoms with Crippen LogP contribution in [0.4, 0.5) is 0 Å². The van der Waals surface area contributed by atoms with Crippen LogP contribution in [0.5, 0.6) is 0 Å². The lowest BCUT2D eigenvalue weighted by Gasteiger charge is -2.06. The number of rotatable bonds is 2. The Morgan fingerprint density at radius 1 is 0.944 bits per heavy atom. The highest BCUT2D eigenvalue weighted by Gasteiger charge is 2.35. The van der Waals surface area contributed by atoms with E-state index in [4.69, 9.17) is 0 Å². The standard InChI is InChI=1S/C16H12O2/c17-15(11-6-2-1-3-7-11)14-10-12-8-4-5-9-13(12)16(14)18/h1-9,14H,10H2/t14-/m0/s1. The molecule has 0 aromatic heterocycles. The predicted octanol–water partition coefficient (Wildman–Crippen LogP) is 2.92. The van der Waals surface area contributed by atoms with Gasteiger partial charge in [-0.1, -0.05) is 54.6 Å². The van der Waals surface area contributed by atoms with Crippen molar-refractivity contribution in [1.82, 2.24) is 0 Å². The molecule has 0 heterocycles. The van der Waals surface area contributed by atoms with Gasteiger partial charge in [-0.15, -0.1) is 0 Å². The molecule has 1 aliphatic rings. The van der Waals surface area contributed by atoms with E-state index in [2.05, 4.69) is 0 Å². The molecule has 0 amide bonds. The highest BCUT2D eigenvalue weighted by molar-refractivity contribution is 6.18. The molecule has 0 aliphatic heterocycles. The molecule has 0 saturated heterocycles. The normalized spacial score (nSPS) is 17.6. The van der Waals surface area contributed by atoms with E-state index in [1.165, 1.54) is 0 Å². The second kappa shape index (κ2) is 4.22. The average molecular weight is 236 g/mol. The average Bonchev–Trinajstić information content (AvgIpc) is 2.77. The Morgan fingerprint density at radius 3 is 2.33 bits per heavy atom. The lowest BCUT2D eigenvalue weighted by Crippen LogP contribution is -2.20. The number of carbonyl (C=O) groups excluding carboxylic acids is 2. The van der Waals surface area contributed by atoms with Crippen LogP contribution in [0.25, 0.3) is 0 Å². The Kier molecular flexibility index (Phi) is 2.56. The highest BCUT2D eigenvalue weighted by Crippen LogP contribution is 2.28. The van der Waals surface area contributed by atoms with Crippen molar-refractivity contribution in [3.63, 3.8) is 0 Å². The number of ketones is 2. The molecule has 3 rings (SSSR count). The van der Waals surface area contributed by atoms with Gasteiger partial charge in [-0.3, -0.25) is 9.59 Å². The van der Waals surface area contributed by atoms with Gasteiger partial charge in [0.25, 0.3) is 0 Å². The van der Waals surface area contributed by atoms with Crippen LogP contribution < -0.4 is 0 Å². The Bertz CT molecular complexity index is 614. The zero-order valence-corrected chi connectivity index (χ0v) is 9.80. The zero-order valence-electron chi connectivity index (χ0n) is 9.80. The molecule has 2 heteroatoms. The van der Waals surface area contributed by atoms with Crippen LogP contribution in [0.2, 0.25) is 0 Å². The fourth-order valence-corrected chi connectivity index (χ4v) is 2.45. The van der Waals surface area contributed by atoms with Crippen LogP contribution in [0, 0.1) is 5.92 Å². The molecule has 0 spiro atoms. The van der Waals surface area contributed by atoms with Crippen LogP contribution in [-0.4, -0.2) is 11.6 Å². The Hall–Kier alpha value is -2.22. The van der Waals surface area contributed by atoms with Crippen molar-refractivity contribution in [2.24, 2.45) is 5.92 Å².